The normalized spacial score (nSPS) is 17.4. The Labute approximate surface area is 211 Å². The topological polar surface area (TPSA) is 84.9 Å². The Morgan fingerprint density at radius 2 is 1.89 bits per heavy atom. The average Bonchev–Trinajstić information content (AvgIpc) is 3.36. The van der Waals surface area contributed by atoms with E-state index in [1.54, 1.807) is 12.1 Å². The standard InChI is InChI=1S/C29H32N2O5/c1-4-9-22-15-21(16-24-27(32)30-29(34)31(28(24)33)23-12-6-7-13-23)17-25(35-5-2)26(22)36-18-20-11-8-10-19(3)14-20/h4,8,10-11,14-17,23H,1,5-7,9,12-13,18H2,2-3H3,(H,30,32,34)/b24-16+. The Balaban J connectivity index is 1.68. The molecule has 2 aromatic rings. The third kappa shape index (κ3) is 5.51. The SMILES string of the molecule is C=CCc1cc(/C=C2\C(=O)NC(=O)N(C3CCCC3)C2=O)cc(OCC)c1OCc1cccc(C)c1. The van der Waals surface area contributed by atoms with Crippen LogP contribution in [0.2, 0.25) is 0 Å². The van der Waals surface area contributed by atoms with Gasteiger partial charge in [-0.2, -0.15) is 0 Å². The van der Waals surface area contributed by atoms with E-state index in [4.69, 9.17) is 9.47 Å². The summed E-state index contributed by atoms with van der Waals surface area (Å²) in [6, 6.07) is 10.9. The molecule has 2 aliphatic rings. The van der Waals surface area contributed by atoms with E-state index in [0.29, 0.717) is 36.7 Å². The molecule has 1 aliphatic carbocycles. The number of hydrogen-bond donors (Lipinski definition) is 1. The Morgan fingerprint density at radius 1 is 1.11 bits per heavy atom. The van der Waals surface area contributed by atoms with Gasteiger partial charge in [0.25, 0.3) is 11.8 Å². The van der Waals surface area contributed by atoms with Crippen LogP contribution in [0.1, 0.15) is 54.9 Å². The van der Waals surface area contributed by atoms with Crippen molar-refractivity contribution in [2.24, 2.45) is 0 Å². The minimum Gasteiger partial charge on any atom is -0.490 e. The maximum atomic E-state index is 13.2. The molecule has 0 radical (unpaired) electrons. The molecular weight excluding hydrogens is 456 g/mol. The molecule has 2 aromatic carbocycles. The lowest BCUT2D eigenvalue weighted by molar-refractivity contribution is -0.131. The van der Waals surface area contributed by atoms with Crippen LogP contribution < -0.4 is 14.8 Å². The maximum Gasteiger partial charge on any atom is 0.331 e. The number of carbonyl (C=O) groups is 3. The van der Waals surface area contributed by atoms with Crippen LogP contribution in [0.15, 0.2) is 54.6 Å². The minimum atomic E-state index is -0.692. The molecule has 4 amide bonds. The zero-order valence-corrected chi connectivity index (χ0v) is 20.8. The van der Waals surface area contributed by atoms with Crippen molar-refractivity contribution in [1.82, 2.24) is 10.2 Å². The number of hydrogen-bond acceptors (Lipinski definition) is 5. The number of allylic oxidation sites excluding steroid dienone is 1. The van der Waals surface area contributed by atoms with Crippen molar-refractivity contribution in [3.05, 3.63) is 76.9 Å². The first-order valence-corrected chi connectivity index (χ1v) is 12.4. The number of amides is 4. The van der Waals surface area contributed by atoms with E-state index in [0.717, 1.165) is 42.4 Å². The molecule has 1 aliphatic heterocycles. The van der Waals surface area contributed by atoms with E-state index < -0.39 is 17.8 Å². The van der Waals surface area contributed by atoms with Gasteiger partial charge < -0.3 is 9.47 Å². The van der Waals surface area contributed by atoms with Crippen LogP contribution in [-0.2, 0) is 22.6 Å². The zero-order chi connectivity index (χ0) is 25.7. The Kier molecular flexibility index (Phi) is 7.88. The Hall–Kier alpha value is -3.87. The summed E-state index contributed by atoms with van der Waals surface area (Å²) in [5.41, 5.74) is 3.55. The summed E-state index contributed by atoms with van der Waals surface area (Å²) >= 11 is 0. The van der Waals surface area contributed by atoms with Crippen molar-refractivity contribution in [3.8, 4) is 11.5 Å². The molecule has 1 heterocycles. The summed E-state index contributed by atoms with van der Waals surface area (Å²) < 4.78 is 12.1. The first kappa shape index (κ1) is 25.2. The molecule has 0 bridgehead atoms. The lowest BCUT2D eigenvalue weighted by Crippen LogP contribution is -2.57. The first-order chi connectivity index (χ1) is 17.4. The van der Waals surface area contributed by atoms with Crippen molar-refractivity contribution in [1.29, 1.82) is 0 Å². The van der Waals surface area contributed by atoms with E-state index in [-0.39, 0.29) is 11.6 Å². The molecule has 7 heteroatoms. The molecule has 0 aromatic heterocycles. The number of nitrogens with one attached hydrogen (secondary N) is 1. The minimum absolute atomic E-state index is 0.0677. The highest BCUT2D eigenvalue weighted by Gasteiger charge is 2.40. The van der Waals surface area contributed by atoms with Gasteiger partial charge in [0.15, 0.2) is 11.5 Å². The second-order valence-corrected chi connectivity index (χ2v) is 9.14. The molecular formula is C29H32N2O5. The van der Waals surface area contributed by atoms with Crippen LogP contribution in [0.4, 0.5) is 4.79 Å². The molecule has 7 nitrogen and oxygen atoms in total. The zero-order valence-electron chi connectivity index (χ0n) is 20.8. The van der Waals surface area contributed by atoms with Gasteiger partial charge in [0, 0.05) is 11.6 Å². The van der Waals surface area contributed by atoms with Gasteiger partial charge in [-0.15, -0.1) is 6.58 Å². The van der Waals surface area contributed by atoms with Crippen LogP contribution in [0.3, 0.4) is 0 Å². The predicted molar refractivity (Wildman–Crippen MR) is 138 cm³/mol. The smallest absolute Gasteiger partial charge is 0.331 e. The Bertz CT molecular complexity index is 1210. The maximum absolute atomic E-state index is 13.2. The van der Waals surface area contributed by atoms with E-state index in [2.05, 4.69) is 18.0 Å². The van der Waals surface area contributed by atoms with Crippen LogP contribution >= 0.6 is 0 Å². The van der Waals surface area contributed by atoms with Gasteiger partial charge in [0.1, 0.15) is 12.2 Å². The molecule has 1 N–H and O–H groups in total. The van der Waals surface area contributed by atoms with Crippen molar-refractivity contribution >= 4 is 23.9 Å². The highest BCUT2D eigenvalue weighted by molar-refractivity contribution is 6.31. The fourth-order valence-corrected chi connectivity index (χ4v) is 4.79. The highest BCUT2D eigenvalue weighted by atomic mass is 16.5. The third-order valence-corrected chi connectivity index (χ3v) is 6.42. The number of aryl methyl sites for hydroxylation is 1. The van der Waals surface area contributed by atoms with Gasteiger partial charge in [-0.05, 0) is 62.4 Å². The number of imide groups is 2. The van der Waals surface area contributed by atoms with Gasteiger partial charge in [0.2, 0.25) is 0 Å². The number of benzene rings is 2. The highest BCUT2D eigenvalue weighted by Crippen LogP contribution is 2.36. The largest absolute Gasteiger partial charge is 0.490 e. The molecule has 0 atom stereocenters. The van der Waals surface area contributed by atoms with E-state index in [1.165, 1.54) is 11.0 Å². The van der Waals surface area contributed by atoms with E-state index in [1.807, 2.05) is 38.1 Å². The number of nitrogens with zero attached hydrogens (tertiary/aromatic N) is 1. The van der Waals surface area contributed by atoms with Crippen molar-refractivity contribution in [2.45, 2.75) is 58.6 Å². The van der Waals surface area contributed by atoms with Crippen molar-refractivity contribution in [3.63, 3.8) is 0 Å². The van der Waals surface area contributed by atoms with Gasteiger partial charge in [0.05, 0.1) is 6.61 Å². The molecule has 2 fully saturated rings. The summed E-state index contributed by atoms with van der Waals surface area (Å²) in [5.74, 6) is -0.132. The molecule has 0 unspecified atom stereocenters. The second kappa shape index (κ2) is 11.2. The molecule has 4 rings (SSSR count). The second-order valence-electron chi connectivity index (χ2n) is 9.14. The Morgan fingerprint density at radius 3 is 2.58 bits per heavy atom. The molecule has 1 saturated carbocycles. The molecule has 36 heavy (non-hydrogen) atoms. The fourth-order valence-electron chi connectivity index (χ4n) is 4.79. The van der Waals surface area contributed by atoms with Crippen LogP contribution in [0.5, 0.6) is 11.5 Å². The predicted octanol–water partition coefficient (Wildman–Crippen LogP) is 5.11. The average molecular weight is 489 g/mol. The lowest BCUT2D eigenvalue weighted by Gasteiger charge is -2.31. The van der Waals surface area contributed by atoms with Gasteiger partial charge in [-0.25, -0.2) is 4.79 Å². The first-order valence-electron chi connectivity index (χ1n) is 12.4. The summed E-state index contributed by atoms with van der Waals surface area (Å²) in [5, 5.41) is 2.33. The quantitative estimate of drug-likeness (QED) is 0.301. The van der Waals surface area contributed by atoms with E-state index >= 15 is 0 Å². The number of carbonyl (C=O) groups excluding carboxylic acids is 3. The fraction of sp³-hybridized carbons (Fsp3) is 0.345. The number of ether oxygens (including phenoxy) is 2. The van der Waals surface area contributed by atoms with E-state index in [9.17, 15) is 14.4 Å². The van der Waals surface area contributed by atoms with Crippen LogP contribution in [0.25, 0.3) is 6.08 Å². The van der Waals surface area contributed by atoms with Gasteiger partial charge in [-0.3, -0.25) is 19.8 Å². The summed E-state index contributed by atoms with van der Waals surface area (Å²) in [4.78, 5) is 39.5. The number of rotatable bonds is 9. The number of barbiturate groups is 1. The van der Waals surface area contributed by atoms with Crippen LogP contribution in [0, 0.1) is 6.92 Å². The monoisotopic (exact) mass is 488 g/mol. The molecule has 0 spiro atoms. The van der Waals surface area contributed by atoms with Crippen LogP contribution in [-0.4, -0.2) is 35.4 Å². The van der Waals surface area contributed by atoms with Gasteiger partial charge >= 0.3 is 6.03 Å². The van der Waals surface area contributed by atoms with Gasteiger partial charge in [-0.1, -0.05) is 48.7 Å². The number of urea groups is 1. The molecule has 188 valence electrons. The van der Waals surface area contributed by atoms with Crippen molar-refractivity contribution < 1.29 is 23.9 Å². The van der Waals surface area contributed by atoms with Crippen molar-refractivity contribution in [2.75, 3.05) is 6.61 Å². The summed E-state index contributed by atoms with van der Waals surface area (Å²) in [6.45, 7) is 8.55. The lowest BCUT2D eigenvalue weighted by atomic mass is 10.0. The molecule has 1 saturated heterocycles. The summed E-state index contributed by atoms with van der Waals surface area (Å²) in [7, 11) is 0. The summed E-state index contributed by atoms with van der Waals surface area (Å²) in [6.07, 6.45) is 7.22. The third-order valence-electron chi connectivity index (χ3n) is 6.42.